The Morgan fingerprint density at radius 3 is 2.54 bits per heavy atom. The summed E-state index contributed by atoms with van der Waals surface area (Å²) in [5, 5.41) is 23.1. The van der Waals surface area contributed by atoms with Gasteiger partial charge in [-0.1, -0.05) is 0 Å². The number of H-pyrrole nitrogens is 1. The van der Waals surface area contributed by atoms with Crippen LogP contribution in [-0.2, 0) is 27.7 Å². The largest absolute Gasteiger partial charge is 0.389 e. The molecule has 218 valence electrons. The number of anilines is 3. The lowest BCUT2D eigenvalue weighted by molar-refractivity contribution is 0.0904. The van der Waals surface area contributed by atoms with E-state index >= 15 is 0 Å². The van der Waals surface area contributed by atoms with Gasteiger partial charge in [-0.05, 0) is 43.2 Å². The lowest BCUT2D eigenvalue weighted by Gasteiger charge is -2.38. The van der Waals surface area contributed by atoms with Gasteiger partial charge in [0.1, 0.15) is 11.6 Å². The van der Waals surface area contributed by atoms with E-state index in [2.05, 4.69) is 20.8 Å². The Labute approximate surface area is 235 Å². The molecule has 41 heavy (non-hydrogen) atoms. The van der Waals surface area contributed by atoms with Crippen LogP contribution in [0.15, 0.2) is 41.3 Å². The summed E-state index contributed by atoms with van der Waals surface area (Å²) in [5.74, 6) is -2.23. The Morgan fingerprint density at radius 2 is 1.83 bits per heavy atom. The number of aromatic nitrogens is 2. The van der Waals surface area contributed by atoms with Crippen LogP contribution in [0.5, 0.6) is 0 Å². The van der Waals surface area contributed by atoms with Crippen LogP contribution >= 0.6 is 0 Å². The van der Waals surface area contributed by atoms with Crippen LogP contribution in [0, 0.1) is 11.6 Å². The van der Waals surface area contributed by atoms with E-state index in [1.807, 2.05) is 17.0 Å². The number of amides is 1. The van der Waals surface area contributed by atoms with E-state index in [9.17, 15) is 27.1 Å². The molecule has 1 amide bonds. The highest BCUT2D eigenvalue weighted by Gasteiger charge is 2.33. The van der Waals surface area contributed by atoms with Crippen molar-refractivity contribution >= 4 is 33.1 Å². The second-order valence-corrected chi connectivity index (χ2v) is 12.4. The number of β-amino-alcohol motifs (C(OH)–C–C–N with tert-alkyl or cyclic N) is 1. The van der Waals surface area contributed by atoms with E-state index in [0.29, 0.717) is 54.9 Å². The van der Waals surface area contributed by atoms with Crippen molar-refractivity contribution in [3.05, 3.63) is 64.9 Å². The van der Waals surface area contributed by atoms with Crippen molar-refractivity contribution in [2.45, 2.75) is 42.8 Å². The molecular weight excluding hydrogens is 558 g/mol. The van der Waals surface area contributed by atoms with Gasteiger partial charge in [-0.3, -0.25) is 9.89 Å². The summed E-state index contributed by atoms with van der Waals surface area (Å²) in [6.07, 6.45) is 1.49. The van der Waals surface area contributed by atoms with E-state index < -0.39 is 32.5 Å². The van der Waals surface area contributed by atoms with Gasteiger partial charge in [0, 0.05) is 80.6 Å². The number of aliphatic hydroxyl groups excluding tert-OH is 1. The highest BCUT2D eigenvalue weighted by molar-refractivity contribution is 7.89. The predicted molar refractivity (Wildman–Crippen MR) is 146 cm³/mol. The van der Waals surface area contributed by atoms with E-state index in [-0.39, 0.29) is 37.5 Å². The van der Waals surface area contributed by atoms with Gasteiger partial charge < -0.3 is 25.4 Å². The van der Waals surface area contributed by atoms with Crippen molar-refractivity contribution in [3.8, 4) is 0 Å². The van der Waals surface area contributed by atoms with Gasteiger partial charge in [0.05, 0.1) is 16.6 Å². The average molecular weight is 589 g/mol. The smallest absolute Gasteiger partial charge is 0.258 e. The third kappa shape index (κ3) is 5.64. The molecule has 1 aromatic heterocycles. The number of hydrogen-bond acceptors (Lipinski definition) is 8. The number of sulfonamides is 1. The first-order valence-corrected chi connectivity index (χ1v) is 14.9. The quantitative estimate of drug-likeness (QED) is 0.330. The van der Waals surface area contributed by atoms with Gasteiger partial charge in [0.2, 0.25) is 10.0 Å². The molecule has 0 saturated carbocycles. The van der Waals surface area contributed by atoms with Crippen molar-refractivity contribution in [1.29, 1.82) is 0 Å². The van der Waals surface area contributed by atoms with Crippen LogP contribution in [0.1, 0.15) is 34.5 Å². The van der Waals surface area contributed by atoms with Crippen molar-refractivity contribution in [1.82, 2.24) is 14.5 Å². The number of aliphatic hydroxyl groups is 1. The maximum absolute atomic E-state index is 13.8. The Morgan fingerprint density at radius 1 is 1.10 bits per heavy atom. The summed E-state index contributed by atoms with van der Waals surface area (Å²) in [7, 11) is -4.21. The number of aromatic amines is 1. The van der Waals surface area contributed by atoms with Crippen LogP contribution in [0.3, 0.4) is 0 Å². The number of carbonyl (C=O) groups is 1. The fraction of sp³-hybridized carbons (Fsp3) is 0.407. The van der Waals surface area contributed by atoms with Crippen molar-refractivity contribution < 1.29 is 31.8 Å². The third-order valence-corrected chi connectivity index (χ3v) is 9.48. The Hall–Kier alpha value is -3.59. The highest BCUT2D eigenvalue weighted by atomic mass is 32.2. The SMILES string of the molecule is O=C(Nc1n[nH]c2c1CN(S(=O)(=O)c1cc(F)cc(F)c1)CC2)c1ccc(N2CC(O)C2)cc1NC1CCOCC1. The summed E-state index contributed by atoms with van der Waals surface area (Å²) < 4.78 is 60.5. The van der Waals surface area contributed by atoms with Crippen LogP contribution in [0.2, 0.25) is 0 Å². The molecule has 0 aliphatic carbocycles. The van der Waals surface area contributed by atoms with E-state index in [1.54, 1.807) is 6.07 Å². The molecule has 6 rings (SSSR count). The maximum Gasteiger partial charge on any atom is 0.258 e. The number of ether oxygens (including phenoxy) is 1. The number of benzene rings is 2. The highest BCUT2D eigenvalue weighted by Crippen LogP contribution is 2.32. The van der Waals surface area contributed by atoms with E-state index in [4.69, 9.17) is 4.74 Å². The Balaban J connectivity index is 1.24. The normalized spacial score (nSPS) is 18.6. The van der Waals surface area contributed by atoms with Crippen molar-refractivity contribution in [2.75, 3.05) is 48.4 Å². The Bertz CT molecular complexity index is 1550. The number of carbonyl (C=O) groups excluding carboxylic acids is 1. The molecule has 0 spiro atoms. The molecule has 0 atom stereocenters. The second kappa shape index (κ2) is 11.0. The molecule has 3 aliphatic rings. The first-order chi connectivity index (χ1) is 19.7. The molecule has 3 aliphatic heterocycles. The van der Waals surface area contributed by atoms with Crippen molar-refractivity contribution in [3.63, 3.8) is 0 Å². The monoisotopic (exact) mass is 588 g/mol. The standard InChI is InChI=1S/C27H30F2N6O5S/c28-16-9-17(29)11-21(10-16)41(38,39)35-6-3-24-23(15-35)26(33-32-24)31-27(37)22-2-1-19(34-13-20(36)14-34)12-25(22)30-18-4-7-40-8-5-18/h1-2,9-12,18,20,30,36H,3-8,13-15H2,(H2,31,32,33,37). The van der Waals surface area contributed by atoms with Crippen LogP contribution in [-0.4, -0.2) is 78.9 Å². The number of nitrogens with one attached hydrogen (secondary N) is 3. The first kappa shape index (κ1) is 27.6. The van der Waals surface area contributed by atoms with Crippen molar-refractivity contribution in [2.24, 2.45) is 0 Å². The number of halogens is 2. The number of rotatable bonds is 7. The second-order valence-electron chi connectivity index (χ2n) is 10.5. The molecule has 3 aromatic rings. The zero-order chi connectivity index (χ0) is 28.7. The van der Waals surface area contributed by atoms with Gasteiger partial charge >= 0.3 is 0 Å². The lowest BCUT2D eigenvalue weighted by Crippen LogP contribution is -2.50. The van der Waals surface area contributed by atoms with Crippen LogP contribution in [0.4, 0.5) is 26.0 Å². The van der Waals surface area contributed by atoms with Gasteiger partial charge in [0.15, 0.2) is 5.82 Å². The van der Waals surface area contributed by atoms with Gasteiger partial charge in [-0.25, -0.2) is 17.2 Å². The minimum atomic E-state index is -4.21. The minimum Gasteiger partial charge on any atom is -0.389 e. The lowest BCUT2D eigenvalue weighted by atomic mass is 10.0. The van der Waals surface area contributed by atoms with Crippen LogP contribution < -0.4 is 15.5 Å². The molecule has 14 heteroatoms. The third-order valence-electron chi connectivity index (χ3n) is 7.66. The molecule has 0 bridgehead atoms. The molecular formula is C27H30F2N6O5S. The van der Waals surface area contributed by atoms with E-state index in [0.717, 1.165) is 35.0 Å². The molecule has 2 saturated heterocycles. The van der Waals surface area contributed by atoms with Gasteiger partial charge in [-0.2, -0.15) is 9.40 Å². The molecule has 0 unspecified atom stereocenters. The van der Waals surface area contributed by atoms with Gasteiger partial charge in [0.25, 0.3) is 5.91 Å². The number of nitrogens with zero attached hydrogens (tertiary/aromatic N) is 3. The topological polar surface area (TPSA) is 140 Å². The average Bonchev–Trinajstić information content (AvgIpc) is 3.33. The zero-order valence-corrected chi connectivity index (χ0v) is 22.9. The summed E-state index contributed by atoms with van der Waals surface area (Å²) in [5.41, 5.74) is 3.05. The fourth-order valence-electron chi connectivity index (χ4n) is 5.35. The molecule has 4 heterocycles. The Kier molecular flexibility index (Phi) is 7.40. The molecule has 2 aromatic carbocycles. The molecule has 11 nitrogen and oxygen atoms in total. The summed E-state index contributed by atoms with van der Waals surface area (Å²) >= 11 is 0. The molecule has 4 N–H and O–H groups in total. The fourth-order valence-corrected chi connectivity index (χ4v) is 6.81. The van der Waals surface area contributed by atoms with Crippen LogP contribution in [0.25, 0.3) is 0 Å². The number of fused-ring (bicyclic) bond motifs is 1. The summed E-state index contributed by atoms with van der Waals surface area (Å²) in [6, 6.07) is 7.72. The van der Waals surface area contributed by atoms with E-state index in [1.165, 1.54) is 0 Å². The summed E-state index contributed by atoms with van der Waals surface area (Å²) in [6.45, 7) is 2.23. The number of hydrogen-bond donors (Lipinski definition) is 4. The van der Waals surface area contributed by atoms with Gasteiger partial charge in [-0.15, -0.1) is 0 Å². The summed E-state index contributed by atoms with van der Waals surface area (Å²) in [4.78, 5) is 15.1. The predicted octanol–water partition coefficient (Wildman–Crippen LogP) is 2.46. The first-order valence-electron chi connectivity index (χ1n) is 13.4. The minimum absolute atomic E-state index is 0.0782. The molecule has 2 fully saturated rings. The zero-order valence-electron chi connectivity index (χ0n) is 22.1. The molecule has 0 radical (unpaired) electrons. The maximum atomic E-state index is 13.8.